The smallest absolute Gasteiger partial charge is 0.141 e. The van der Waals surface area contributed by atoms with Crippen molar-refractivity contribution in [3.63, 3.8) is 0 Å². The molecule has 1 rings (SSSR count). The molecule has 0 saturated heterocycles. The summed E-state index contributed by atoms with van der Waals surface area (Å²) < 4.78 is 12.8. The molecule has 1 aromatic heterocycles. The Balaban J connectivity index is 2.69. The van der Waals surface area contributed by atoms with Crippen LogP contribution in [0.2, 0.25) is 0 Å². The van der Waals surface area contributed by atoms with Gasteiger partial charge in [0.25, 0.3) is 0 Å². The Hall–Kier alpha value is -0.960. The summed E-state index contributed by atoms with van der Waals surface area (Å²) in [4.78, 5) is 4.16. The van der Waals surface area contributed by atoms with Gasteiger partial charge in [0, 0.05) is 17.7 Å². The fourth-order valence-corrected chi connectivity index (χ4v) is 1.94. The zero-order valence-electron chi connectivity index (χ0n) is 10.3. The maximum Gasteiger partial charge on any atom is 0.141 e. The molecule has 0 aliphatic rings. The molecule has 1 aromatic rings. The van der Waals surface area contributed by atoms with Crippen molar-refractivity contribution in [1.29, 1.82) is 0 Å². The first-order valence-electron chi connectivity index (χ1n) is 6.03. The van der Waals surface area contributed by atoms with E-state index in [4.69, 9.17) is 0 Å². The minimum atomic E-state index is -0.271. The average Bonchev–Trinajstić information content (AvgIpc) is 2.30. The van der Waals surface area contributed by atoms with Gasteiger partial charge in [0.15, 0.2) is 0 Å². The Morgan fingerprint density at radius 3 is 2.62 bits per heavy atom. The van der Waals surface area contributed by atoms with E-state index in [-0.39, 0.29) is 5.82 Å². The van der Waals surface area contributed by atoms with Crippen LogP contribution in [-0.2, 0) is 0 Å². The molecule has 16 heavy (non-hydrogen) atoms. The van der Waals surface area contributed by atoms with Gasteiger partial charge in [-0.15, -0.1) is 0 Å². The lowest BCUT2D eigenvalue weighted by Crippen LogP contribution is -2.32. The van der Waals surface area contributed by atoms with E-state index in [2.05, 4.69) is 31.1 Å². The molecule has 0 fully saturated rings. The van der Waals surface area contributed by atoms with Crippen LogP contribution in [-0.4, -0.2) is 17.6 Å². The van der Waals surface area contributed by atoms with Gasteiger partial charge in [0.05, 0.1) is 6.20 Å². The third kappa shape index (κ3) is 3.56. The summed E-state index contributed by atoms with van der Waals surface area (Å²) in [5.74, 6) is 0.0833. The van der Waals surface area contributed by atoms with Crippen molar-refractivity contribution in [2.45, 2.75) is 45.6 Å². The van der Waals surface area contributed by atoms with Gasteiger partial charge >= 0.3 is 0 Å². The van der Waals surface area contributed by atoms with Crippen LogP contribution in [0.1, 0.15) is 45.2 Å². The van der Waals surface area contributed by atoms with E-state index >= 15 is 0 Å². The summed E-state index contributed by atoms with van der Waals surface area (Å²) in [5.41, 5.74) is 0.972. The van der Waals surface area contributed by atoms with E-state index in [1.165, 1.54) is 12.3 Å². The Labute approximate surface area is 97.3 Å². The summed E-state index contributed by atoms with van der Waals surface area (Å²) in [6.45, 7) is 7.46. The lowest BCUT2D eigenvalue weighted by atomic mass is 9.94. The molecule has 0 bridgehead atoms. The molecule has 0 aliphatic carbocycles. The molecule has 2 nitrogen and oxygen atoms in total. The highest BCUT2D eigenvalue weighted by Gasteiger charge is 2.17. The Bertz CT molecular complexity index is 297. The average molecular weight is 224 g/mol. The monoisotopic (exact) mass is 224 g/mol. The molecule has 0 amide bonds. The fraction of sp³-hybridized carbons (Fsp3) is 0.615. The van der Waals surface area contributed by atoms with Crippen molar-refractivity contribution in [3.05, 3.63) is 29.8 Å². The number of aromatic nitrogens is 1. The largest absolute Gasteiger partial charge is 0.314 e. The van der Waals surface area contributed by atoms with Gasteiger partial charge in [-0.25, -0.2) is 4.39 Å². The van der Waals surface area contributed by atoms with Crippen LogP contribution in [0.3, 0.4) is 0 Å². The van der Waals surface area contributed by atoms with Crippen molar-refractivity contribution < 1.29 is 4.39 Å². The van der Waals surface area contributed by atoms with Crippen molar-refractivity contribution in [2.24, 2.45) is 0 Å². The highest BCUT2D eigenvalue weighted by molar-refractivity contribution is 5.12. The predicted molar refractivity (Wildman–Crippen MR) is 65.0 cm³/mol. The highest BCUT2D eigenvalue weighted by atomic mass is 19.1. The molecule has 3 heteroatoms. The maximum absolute atomic E-state index is 12.8. The number of halogens is 1. The molecule has 2 atom stereocenters. The van der Waals surface area contributed by atoms with E-state index in [9.17, 15) is 4.39 Å². The number of hydrogen-bond donors (Lipinski definition) is 1. The second-order valence-electron chi connectivity index (χ2n) is 4.16. The topological polar surface area (TPSA) is 24.9 Å². The van der Waals surface area contributed by atoms with Crippen LogP contribution in [0.4, 0.5) is 4.39 Å². The van der Waals surface area contributed by atoms with E-state index in [1.807, 2.05) is 0 Å². The summed E-state index contributed by atoms with van der Waals surface area (Å²) in [6.07, 6.45) is 3.43. The van der Waals surface area contributed by atoms with Gasteiger partial charge in [0.2, 0.25) is 0 Å². The number of nitrogens with one attached hydrogen (secondary N) is 1. The first-order chi connectivity index (χ1) is 7.69. The van der Waals surface area contributed by atoms with Crippen LogP contribution < -0.4 is 5.32 Å². The van der Waals surface area contributed by atoms with Gasteiger partial charge in [-0.3, -0.25) is 4.98 Å². The molecular weight excluding hydrogens is 203 g/mol. The normalized spacial score (nSPS) is 14.8. The summed E-state index contributed by atoms with van der Waals surface area (Å²) >= 11 is 0. The summed E-state index contributed by atoms with van der Waals surface area (Å²) in [5, 5.41) is 3.46. The molecule has 2 unspecified atom stereocenters. The van der Waals surface area contributed by atoms with Crippen LogP contribution in [0.15, 0.2) is 18.3 Å². The highest BCUT2D eigenvalue weighted by Crippen LogP contribution is 2.21. The van der Waals surface area contributed by atoms with Gasteiger partial charge in [-0.05, 0) is 38.4 Å². The second-order valence-corrected chi connectivity index (χ2v) is 4.16. The van der Waals surface area contributed by atoms with Crippen LogP contribution >= 0.6 is 0 Å². The molecule has 0 aliphatic heterocycles. The Kier molecular flexibility index (Phi) is 5.39. The molecule has 0 saturated carbocycles. The van der Waals surface area contributed by atoms with Gasteiger partial charge in [-0.2, -0.15) is 0 Å². The zero-order chi connectivity index (χ0) is 12.0. The van der Waals surface area contributed by atoms with Crippen molar-refractivity contribution >= 4 is 0 Å². The fourth-order valence-electron chi connectivity index (χ4n) is 1.94. The van der Waals surface area contributed by atoms with Gasteiger partial charge < -0.3 is 5.32 Å². The summed E-state index contributed by atoms with van der Waals surface area (Å²) in [6, 6.07) is 3.65. The van der Waals surface area contributed by atoms with Crippen LogP contribution in [0, 0.1) is 5.82 Å². The number of rotatable bonds is 6. The SMILES string of the molecule is CCCNC(C)C(CC)c1ccc(F)cn1. The quantitative estimate of drug-likeness (QED) is 0.803. The molecule has 0 spiro atoms. The minimum absolute atomic E-state index is 0.271. The lowest BCUT2D eigenvalue weighted by molar-refractivity contribution is 0.442. The minimum Gasteiger partial charge on any atom is -0.314 e. The zero-order valence-corrected chi connectivity index (χ0v) is 10.3. The van der Waals surface area contributed by atoms with Crippen molar-refractivity contribution in [2.75, 3.05) is 6.54 Å². The number of pyridine rings is 1. The second kappa shape index (κ2) is 6.59. The van der Waals surface area contributed by atoms with E-state index < -0.39 is 0 Å². The molecule has 0 aromatic carbocycles. The van der Waals surface area contributed by atoms with Crippen molar-refractivity contribution in [3.8, 4) is 0 Å². The van der Waals surface area contributed by atoms with Gasteiger partial charge in [-0.1, -0.05) is 13.8 Å². The summed E-state index contributed by atoms with van der Waals surface area (Å²) in [7, 11) is 0. The third-order valence-electron chi connectivity index (χ3n) is 2.89. The Morgan fingerprint density at radius 1 is 1.38 bits per heavy atom. The Morgan fingerprint density at radius 2 is 2.12 bits per heavy atom. The first kappa shape index (κ1) is 13.1. The van der Waals surface area contributed by atoms with E-state index in [0.717, 1.165) is 25.1 Å². The third-order valence-corrected chi connectivity index (χ3v) is 2.89. The molecule has 1 N–H and O–H groups in total. The molecule has 1 heterocycles. The molecule has 0 radical (unpaired) electrons. The molecule has 90 valence electrons. The lowest BCUT2D eigenvalue weighted by Gasteiger charge is -2.23. The van der Waals surface area contributed by atoms with Crippen LogP contribution in [0.5, 0.6) is 0 Å². The maximum atomic E-state index is 12.8. The molecular formula is C13H21FN2. The first-order valence-corrected chi connectivity index (χ1v) is 6.03. The number of nitrogens with zero attached hydrogens (tertiary/aromatic N) is 1. The van der Waals surface area contributed by atoms with Crippen LogP contribution in [0.25, 0.3) is 0 Å². The van der Waals surface area contributed by atoms with Crippen molar-refractivity contribution in [1.82, 2.24) is 10.3 Å². The predicted octanol–water partition coefficient (Wildman–Crippen LogP) is 3.10. The van der Waals surface area contributed by atoms with Gasteiger partial charge in [0.1, 0.15) is 5.82 Å². The standard InChI is InChI=1S/C13H21FN2/c1-4-8-15-10(3)12(5-2)13-7-6-11(14)9-16-13/h6-7,9-10,12,15H,4-5,8H2,1-3H3. The van der Waals surface area contributed by atoms with E-state index in [0.29, 0.717) is 12.0 Å². The number of hydrogen-bond acceptors (Lipinski definition) is 2. The van der Waals surface area contributed by atoms with E-state index in [1.54, 1.807) is 6.07 Å².